The molecule has 0 fully saturated rings. The Kier molecular flexibility index (Phi) is 6.08. The molecule has 0 radical (unpaired) electrons. The second kappa shape index (κ2) is 8.80. The van der Waals surface area contributed by atoms with Gasteiger partial charge in [0.15, 0.2) is 0 Å². The number of pyridine rings is 1. The van der Waals surface area contributed by atoms with Crippen LogP contribution in [0.25, 0.3) is 5.65 Å². The number of para-hydroxylation sites is 1. The summed E-state index contributed by atoms with van der Waals surface area (Å²) in [6.45, 7) is 5.56. The third-order valence-electron chi connectivity index (χ3n) is 5.00. The van der Waals surface area contributed by atoms with Gasteiger partial charge in [-0.2, -0.15) is 0 Å². The number of fused-ring (bicyclic) bond motifs is 1. The summed E-state index contributed by atoms with van der Waals surface area (Å²) in [6, 6.07) is 17.8. The molecule has 0 saturated carbocycles. The Hall–Kier alpha value is -3.10. The number of thioether (sulfide) groups is 1. The van der Waals surface area contributed by atoms with Crippen molar-refractivity contribution in [1.82, 2.24) is 9.38 Å². The van der Waals surface area contributed by atoms with Crippen molar-refractivity contribution in [3.8, 4) is 0 Å². The quantitative estimate of drug-likeness (QED) is 0.417. The first-order chi connectivity index (χ1) is 15.2. The second-order valence-electron chi connectivity index (χ2n) is 7.68. The van der Waals surface area contributed by atoms with Crippen molar-refractivity contribution in [3.05, 3.63) is 99.6 Å². The molecule has 4 rings (SSSR count). The molecule has 8 heteroatoms. The standard InChI is InChI=1S/C24H23N3O3S2/c1-16-8-10-18(3)22(12-16)32(29,30)26-20-6-4-5-7-21(20)31-15-19-13-24(28)27-14-17(2)9-11-23(27)25-19/h4-14,26H,15H2,1-3H3. The number of anilines is 1. The highest BCUT2D eigenvalue weighted by atomic mass is 32.2. The normalized spacial score (nSPS) is 11.6. The number of hydrogen-bond acceptors (Lipinski definition) is 5. The molecule has 0 aliphatic carbocycles. The van der Waals surface area contributed by atoms with E-state index in [1.807, 2.05) is 44.2 Å². The molecule has 1 N–H and O–H groups in total. The highest BCUT2D eigenvalue weighted by molar-refractivity contribution is 7.98. The predicted octanol–water partition coefficient (Wildman–Crippen LogP) is 4.71. The first-order valence-corrected chi connectivity index (χ1v) is 12.5. The van der Waals surface area contributed by atoms with E-state index >= 15 is 0 Å². The Balaban J connectivity index is 1.59. The van der Waals surface area contributed by atoms with Crippen molar-refractivity contribution < 1.29 is 8.42 Å². The molecule has 0 bridgehead atoms. The maximum atomic E-state index is 13.0. The van der Waals surface area contributed by atoms with Gasteiger partial charge in [0, 0.05) is 22.9 Å². The third-order valence-corrected chi connectivity index (χ3v) is 7.62. The molecule has 164 valence electrons. The minimum atomic E-state index is -3.74. The van der Waals surface area contributed by atoms with Gasteiger partial charge >= 0.3 is 0 Å². The summed E-state index contributed by atoms with van der Waals surface area (Å²) < 4.78 is 30.3. The van der Waals surface area contributed by atoms with E-state index in [0.717, 1.165) is 16.0 Å². The van der Waals surface area contributed by atoms with Crippen molar-refractivity contribution in [1.29, 1.82) is 0 Å². The van der Waals surface area contributed by atoms with Crippen LogP contribution >= 0.6 is 11.8 Å². The van der Waals surface area contributed by atoms with Crippen LogP contribution in [0.2, 0.25) is 0 Å². The number of aryl methyl sites for hydroxylation is 3. The molecule has 2 aromatic heterocycles. The van der Waals surface area contributed by atoms with Crippen LogP contribution in [-0.4, -0.2) is 17.8 Å². The summed E-state index contributed by atoms with van der Waals surface area (Å²) >= 11 is 1.43. The monoisotopic (exact) mass is 465 g/mol. The molecule has 0 aliphatic rings. The lowest BCUT2D eigenvalue weighted by molar-refractivity contribution is 0.600. The topological polar surface area (TPSA) is 80.5 Å². The van der Waals surface area contributed by atoms with E-state index < -0.39 is 10.0 Å². The largest absolute Gasteiger partial charge is 0.278 e. The maximum absolute atomic E-state index is 13.0. The van der Waals surface area contributed by atoms with E-state index in [1.165, 1.54) is 22.2 Å². The van der Waals surface area contributed by atoms with Gasteiger partial charge in [0.2, 0.25) is 0 Å². The first-order valence-electron chi connectivity index (χ1n) is 10.0. The molecule has 0 spiro atoms. The SMILES string of the molecule is Cc1ccc(C)c(S(=O)(=O)Nc2ccccc2SCc2cc(=O)n3cc(C)ccc3n2)c1. The summed E-state index contributed by atoms with van der Waals surface area (Å²) in [5.74, 6) is 0.432. The molecular formula is C24H23N3O3S2. The van der Waals surface area contributed by atoms with Crippen LogP contribution < -0.4 is 10.3 Å². The molecule has 0 amide bonds. The molecule has 4 aromatic rings. The number of rotatable bonds is 6. The van der Waals surface area contributed by atoms with E-state index in [2.05, 4.69) is 9.71 Å². The molecule has 0 unspecified atom stereocenters. The third kappa shape index (κ3) is 4.71. The highest BCUT2D eigenvalue weighted by Gasteiger charge is 2.19. The zero-order valence-electron chi connectivity index (χ0n) is 18.0. The lowest BCUT2D eigenvalue weighted by Gasteiger charge is -2.14. The summed E-state index contributed by atoms with van der Waals surface area (Å²) in [5.41, 5.74) is 4.11. The zero-order chi connectivity index (χ0) is 22.9. The van der Waals surface area contributed by atoms with E-state index in [0.29, 0.717) is 28.3 Å². The van der Waals surface area contributed by atoms with Gasteiger partial charge in [-0.1, -0.05) is 30.3 Å². The number of benzene rings is 2. The van der Waals surface area contributed by atoms with Crippen molar-refractivity contribution in [2.75, 3.05) is 4.72 Å². The number of hydrogen-bond donors (Lipinski definition) is 1. The predicted molar refractivity (Wildman–Crippen MR) is 129 cm³/mol. The number of nitrogens with zero attached hydrogens (tertiary/aromatic N) is 2. The first kappa shape index (κ1) is 22.1. The molecule has 2 heterocycles. The Bertz CT molecular complexity index is 1480. The van der Waals surface area contributed by atoms with Crippen molar-refractivity contribution in [2.24, 2.45) is 0 Å². The van der Waals surface area contributed by atoms with Crippen molar-refractivity contribution in [3.63, 3.8) is 0 Å². The van der Waals surface area contributed by atoms with Crippen molar-refractivity contribution in [2.45, 2.75) is 36.3 Å². The van der Waals surface area contributed by atoms with Crippen LogP contribution in [0, 0.1) is 20.8 Å². The van der Waals surface area contributed by atoms with Gasteiger partial charge in [-0.15, -0.1) is 11.8 Å². The lowest BCUT2D eigenvalue weighted by Crippen LogP contribution is -2.15. The zero-order valence-corrected chi connectivity index (χ0v) is 19.6. The number of aromatic nitrogens is 2. The smallest absolute Gasteiger partial charge is 0.262 e. The van der Waals surface area contributed by atoms with Crippen molar-refractivity contribution >= 4 is 33.1 Å². The van der Waals surface area contributed by atoms with Gasteiger partial charge in [-0.3, -0.25) is 13.9 Å². The fraction of sp³-hybridized carbons (Fsp3) is 0.167. The Morgan fingerprint density at radius 2 is 1.72 bits per heavy atom. The summed E-state index contributed by atoms with van der Waals surface area (Å²) in [4.78, 5) is 18.0. The van der Waals surface area contributed by atoms with Gasteiger partial charge in [-0.25, -0.2) is 13.4 Å². The van der Waals surface area contributed by atoms with Gasteiger partial charge in [0.1, 0.15) is 5.65 Å². The van der Waals surface area contributed by atoms with Crippen LogP contribution in [0.5, 0.6) is 0 Å². The maximum Gasteiger partial charge on any atom is 0.262 e. The Morgan fingerprint density at radius 3 is 2.53 bits per heavy atom. The van der Waals surface area contributed by atoms with Crippen LogP contribution in [0.4, 0.5) is 5.69 Å². The van der Waals surface area contributed by atoms with E-state index in [-0.39, 0.29) is 10.5 Å². The molecule has 32 heavy (non-hydrogen) atoms. The van der Waals surface area contributed by atoms with Crippen LogP contribution in [0.3, 0.4) is 0 Å². The van der Waals surface area contributed by atoms with Gasteiger partial charge in [-0.05, 0) is 61.7 Å². The summed E-state index contributed by atoms with van der Waals surface area (Å²) in [5, 5.41) is 0. The van der Waals surface area contributed by atoms with Crippen LogP contribution in [0.1, 0.15) is 22.4 Å². The molecular weight excluding hydrogens is 442 g/mol. The van der Waals surface area contributed by atoms with Crippen LogP contribution in [0.15, 0.2) is 81.4 Å². The van der Waals surface area contributed by atoms with Crippen LogP contribution in [-0.2, 0) is 15.8 Å². The van der Waals surface area contributed by atoms with Gasteiger partial charge in [0.25, 0.3) is 15.6 Å². The molecule has 2 aromatic carbocycles. The number of nitrogens with one attached hydrogen (secondary N) is 1. The average molecular weight is 466 g/mol. The van der Waals surface area contributed by atoms with E-state index in [4.69, 9.17) is 0 Å². The van der Waals surface area contributed by atoms with Gasteiger partial charge < -0.3 is 0 Å². The molecule has 6 nitrogen and oxygen atoms in total. The second-order valence-corrected chi connectivity index (χ2v) is 10.3. The summed E-state index contributed by atoms with van der Waals surface area (Å²) in [7, 11) is -3.74. The Labute approximate surface area is 191 Å². The highest BCUT2D eigenvalue weighted by Crippen LogP contribution is 2.31. The molecule has 0 atom stereocenters. The van der Waals surface area contributed by atoms with Gasteiger partial charge in [0.05, 0.1) is 16.3 Å². The van der Waals surface area contributed by atoms with E-state index in [9.17, 15) is 13.2 Å². The average Bonchev–Trinajstić information content (AvgIpc) is 2.75. The minimum absolute atomic E-state index is 0.141. The van der Waals surface area contributed by atoms with E-state index in [1.54, 1.807) is 37.4 Å². The fourth-order valence-electron chi connectivity index (χ4n) is 3.36. The molecule has 0 aliphatic heterocycles. The fourth-order valence-corrected chi connectivity index (χ4v) is 5.73. The lowest BCUT2D eigenvalue weighted by atomic mass is 10.2. The number of sulfonamides is 1. The Morgan fingerprint density at radius 1 is 0.969 bits per heavy atom. The summed E-state index contributed by atoms with van der Waals surface area (Å²) in [6.07, 6.45) is 1.76. The minimum Gasteiger partial charge on any atom is -0.278 e. The molecule has 0 saturated heterocycles.